The van der Waals surface area contributed by atoms with E-state index in [1.54, 1.807) is 0 Å². The molecule has 1 fully saturated rings. The van der Waals surface area contributed by atoms with Gasteiger partial charge in [-0.1, -0.05) is 37.3 Å². The summed E-state index contributed by atoms with van der Waals surface area (Å²) in [5.74, 6) is 0.772. The Kier molecular flexibility index (Phi) is 4.44. The quantitative estimate of drug-likeness (QED) is 0.931. The van der Waals surface area contributed by atoms with Crippen molar-refractivity contribution in [2.24, 2.45) is 5.92 Å². The van der Waals surface area contributed by atoms with E-state index in [0.717, 1.165) is 24.2 Å². The highest BCUT2D eigenvalue weighted by atomic mass is 16.2. The molecule has 0 bridgehead atoms. The third-order valence-corrected chi connectivity index (χ3v) is 4.63. The van der Waals surface area contributed by atoms with Crippen LogP contribution >= 0.6 is 0 Å². The standard InChI is InChI=1S/C19H24N2O/c1-14-6-5-11-21(13-14)15(2)19(22)20-18-10-9-16-7-3-4-8-17(16)12-18/h3-4,7-10,12,14-15H,5-6,11,13H2,1-2H3,(H,20,22). The second kappa shape index (κ2) is 6.49. The Morgan fingerprint density at radius 3 is 2.77 bits per heavy atom. The first-order valence-electron chi connectivity index (χ1n) is 8.17. The van der Waals surface area contributed by atoms with Gasteiger partial charge in [0.15, 0.2) is 0 Å². The molecule has 1 saturated heterocycles. The van der Waals surface area contributed by atoms with Crippen LogP contribution in [0, 0.1) is 5.92 Å². The summed E-state index contributed by atoms with van der Waals surface area (Å²) in [4.78, 5) is 14.8. The van der Waals surface area contributed by atoms with Gasteiger partial charge in [-0.3, -0.25) is 9.69 Å². The van der Waals surface area contributed by atoms with Gasteiger partial charge in [0.1, 0.15) is 0 Å². The van der Waals surface area contributed by atoms with Crippen molar-refractivity contribution in [3.8, 4) is 0 Å². The van der Waals surface area contributed by atoms with Gasteiger partial charge in [0.25, 0.3) is 0 Å². The molecule has 116 valence electrons. The summed E-state index contributed by atoms with van der Waals surface area (Å²) in [7, 11) is 0. The van der Waals surface area contributed by atoms with Crippen LogP contribution in [0.5, 0.6) is 0 Å². The SMILES string of the molecule is CC1CCCN(C(C)C(=O)Nc2ccc3ccccc3c2)C1. The molecular weight excluding hydrogens is 272 g/mol. The summed E-state index contributed by atoms with van der Waals surface area (Å²) >= 11 is 0. The third-order valence-electron chi connectivity index (χ3n) is 4.63. The molecule has 0 spiro atoms. The smallest absolute Gasteiger partial charge is 0.241 e. The van der Waals surface area contributed by atoms with Gasteiger partial charge in [-0.2, -0.15) is 0 Å². The Labute approximate surface area is 132 Å². The minimum Gasteiger partial charge on any atom is -0.325 e. The van der Waals surface area contributed by atoms with Gasteiger partial charge >= 0.3 is 0 Å². The van der Waals surface area contributed by atoms with E-state index in [1.165, 1.54) is 18.2 Å². The van der Waals surface area contributed by atoms with E-state index in [4.69, 9.17) is 0 Å². The molecule has 3 nitrogen and oxygen atoms in total. The van der Waals surface area contributed by atoms with Crippen LogP contribution < -0.4 is 5.32 Å². The molecule has 22 heavy (non-hydrogen) atoms. The fourth-order valence-corrected chi connectivity index (χ4v) is 3.26. The van der Waals surface area contributed by atoms with Crippen LogP contribution in [0.15, 0.2) is 42.5 Å². The minimum atomic E-state index is -0.0748. The topological polar surface area (TPSA) is 32.3 Å². The van der Waals surface area contributed by atoms with Crippen LogP contribution in [-0.4, -0.2) is 29.9 Å². The maximum absolute atomic E-state index is 12.5. The van der Waals surface area contributed by atoms with Crippen molar-refractivity contribution >= 4 is 22.4 Å². The number of hydrogen-bond donors (Lipinski definition) is 1. The molecule has 0 aliphatic carbocycles. The van der Waals surface area contributed by atoms with Crippen molar-refractivity contribution in [3.63, 3.8) is 0 Å². The molecule has 0 radical (unpaired) electrons. The Balaban J connectivity index is 1.69. The summed E-state index contributed by atoms with van der Waals surface area (Å²) in [5, 5.41) is 5.41. The van der Waals surface area contributed by atoms with E-state index >= 15 is 0 Å². The fraction of sp³-hybridized carbons (Fsp3) is 0.421. The van der Waals surface area contributed by atoms with Crippen molar-refractivity contribution in [3.05, 3.63) is 42.5 Å². The van der Waals surface area contributed by atoms with Crippen molar-refractivity contribution < 1.29 is 4.79 Å². The molecule has 1 amide bonds. The maximum Gasteiger partial charge on any atom is 0.241 e. The van der Waals surface area contributed by atoms with Gasteiger partial charge in [0.05, 0.1) is 6.04 Å². The van der Waals surface area contributed by atoms with Gasteiger partial charge < -0.3 is 5.32 Å². The minimum absolute atomic E-state index is 0.0748. The maximum atomic E-state index is 12.5. The highest BCUT2D eigenvalue weighted by Crippen LogP contribution is 2.21. The molecule has 1 N–H and O–H groups in total. The number of fused-ring (bicyclic) bond motifs is 1. The number of nitrogens with zero attached hydrogens (tertiary/aromatic N) is 1. The summed E-state index contributed by atoms with van der Waals surface area (Å²) in [5.41, 5.74) is 0.876. The molecule has 1 aliphatic rings. The first kappa shape index (κ1) is 15.0. The van der Waals surface area contributed by atoms with E-state index in [0.29, 0.717) is 5.92 Å². The lowest BCUT2D eigenvalue weighted by Crippen LogP contribution is -2.46. The van der Waals surface area contributed by atoms with Gasteiger partial charge in [0, 0.05) is 12.2 Å². The van der Waals surface area contributed by atoms with E-state index in [-0.39, 0.29) is 11.9 Å². The zero-order valence-corrected chi connectivity index (χ0v) is 13.4. The van der Waals surface area contributed by atoms with E-state index in [1.807, 2.05) is 31.2 Å². The zero-order valence-electron chi connectivity index (χ0n) is 13.4. The van der Waals surface area contributed by atoms with Crippen LogP contribution in [0.25, 0.3) is 10.8 Å². The first-order valence-corrected chi connectivity index (χ1v) is 8.17. The second-order valence-electron chi connectivity index (χ2n) is 6.47. The Morgan fingerprint density at radius 2 is 2.00 bits per heavy atom. The summed E-state index contributed by atoms with van der Waals surface area (Å²) in [6.45, 7) is 6.32. The average Bonchev–Trinajstić information content (AvgIpc) is 2.54. The Morgan fingerprint density at radius 1 is 1.23 bits per heavy atom. The predicted molar refractivity (Wildman–Crippen MR) is 92.0 cm³/mol. The Hall–Kier alpha value is -1.87. The van der Waals surface area contributed by atoms with E-state index < -0.39 is 0 Å². The van der Waals surface area contributed by atoms with Crippen LogP contribution in [0.3, 0.4) is 0 Å². The molecule has 1 aliphatic heterocycles. The molecule has 3 rings (SSSR count). The molecule has 0 aromatic heterocycles. The number of carbonyl (C=O) groups is 1. The predicted octanol–water partition coefficient (Wildman–Crippen LogP) is 3.90. The molecular formula is C19H24N2O. The lowest BCUT2D eigenvalue weighted by molar-refractivity contribution is -0.121. The molecule has 0 saturated carbocycles. The highest BCUT2D eigenvalue weighted by molar-refractivity contribution is 5.97. The van der Waals surface area contributed by atoms with Crippen molar-refractivity contribution in [2.45, 2.75) is 32.7 Å². The third kappa shape index (κ3) is 3.30. The van der Waals surface area contributed by atoms with Crippen LogP contribution in [0.4, 0.5) is 5.69 Å². The molecule has 2 aromatic rings. The van der Waals surface area contributed by atoms with E-state index in [2.05, 4.69) is 35.3 Å². The molecule has 2 unspecified atom stereocenters. The summed E-state index contributed by atoms with van der Waals surface area (Å²) in [6.07, 6.45) is 2.46. The number of anilines is 1. The summed E-state index contributed by atoms with van der Waals surface area (Å²) < 4.78 is 0. The molecule has 2 aromatic carbocycles. The van der Waals surface area contributed by atoms with Crippen molar-refractivity contribution in [1.82, 2.24) is 4.90 Å². The van der Waals surface area contributed by atoms with Gasteiger partial charge in [-0.05, 0) is 55.1 Å². The number of carbonyl (C=O) groups excluding carboxylic acids is 1. The number of likely N-dealkylation sites (tertiary alicyclic amines) is 1. The average molecular weight is 296 g/mol. The molecule has 1 heterocycles. The van der Waals surface area contributed by atoms with Gasteiger partial charge in [-0.15, -0.1) is 0 Å². The number of piperidine rings is 1. The van der Waals surface area contributed by atoms with Crippen molar-refractivity contribution in [1.29, 1.82) is 0 Å². The second-order valence-corrected chi connectivity index (χ2v) is 6.47. The fourth-order valence-electron chi connectivity index (χ4n) is 3.26. The number of benzene rings is 2. The van der Waals surface area contributed by atoms with Gasteiger partial charge in [0.2, 0.25) is 5.91 Å². The van der Waals surface area contributed by atoms with E-state index in [9.17, 15) is 4.79 Å². The monoisotopic (exact) mass is 296 g/mol. The van der Waals surface area contributed by atoms with Crippen LogP contribution in [-0.2, 0) is 4.79 Å². The van der Waals surface area contributed by atoms with Crippen LogP contribution in [0.1, 0.15) is 26.7 Å². The highest BCUT2D eigenvalue weighted by Gasteiger charge is 2.25. The summed E-state index contributed by atoms with van der Waals surface area (Å²) in [6, 6.07) is 14.2. The number of nitrogens with one attached hydrogen (secondary N) is 1. The first-order chi connectivity index (χ1) is 10.6. The number of amides is 1. The number of rotatable bonds is 3. The van der Waals surface area contributed by atoms with Crippen LogP contribution in [0.2, 0.25) is 0 Å². The van der Waals surface area contributed by atoms with Crippen molar-refractivity contribution in [2.75, 3.05) is 18.4 Å². The lowest BCUT2D eigenvalue weighted by atomic mass is 9.99. The zero-order chi connectivity index (χ0) is 15.5. The largest absolute Gasteiger partial charge is 0.325 e. The van der Waals surface area contributed by atoms with Gasteiger partial charge in [-0.25, -0.2) is 0 Å². The lowest BCUT2D eigenvalue weighted by Gasteiger charge is -2.34. The normalized spacial score (nSPS) is 20.7. The number of hydrogen-bond acceptors (Lipinski definition) is 2. The Bertz CT molecular complexity index is 667. The molecule has 3 heteroatoms. The molecule has 2 atom stereocenters.